The van der Waals surface area contributed by atoms with Crippen LogP contribution in [-0.2, 0) is 16.0 Å². The van der Waals surface area contributed by atoms with Crippen LogP contribution in [0.5, 0.6) is 0 Å². The van der Waals surface area contributed by atoms with Crippen LogP contribution in [0, 0.1) is 18.2 Å². The van der Waals surface area contributed by atoms with Gasteiger partial charge in [0.05, 0.1) is 17.6 Å². The normalized spacial score (nSPS) is 13.6. The van der Waals surface area contributed by atoms with E-state index in [0.29, 0.717) is 5.56 Å². The first-order valence-electron chi connectivity index (χ1n) is 7.75. The topological polar surface area (TPSA) is 47.6 Å². The van der Waals surface area contributed by atoms with Crippen LogP contribution in [0.25, 0.3) is 0 Å². The monoisotopic (exact) mass is 365 g/mol. The van der Waals surface area contributed by atoms with Crippen molar-refractivity contribution in [3.05, 3.63) is 34.6 Å². The van der Waals surface area contributed by atoms with Gasteiger partial charge in [0, 0.05) is 19.2 Å². The molecule has 0 aromatic heterocycles. The van der Waals surface area contributed by atoms with E-state index in [-0.39, 0.29) is 24.3 Å². The largest absolute Gasteiger partial charge is 0.462 e. The van der Waals surface area contributed by atoms with Crippen LogP contribution in [0.4, 0.5) is 17.6 Å². The summed E-state index contributed by atoms with van der Waals surface area (Å²) in [5.41, 5.74) is -1.97. The third-order valence-electron chi connectivity index (χ3n) is 4.01. The second-order valence-electron chi connectivity index (χ2n) is 6.17. The number of ether oxygens (including phenoxy) is 2. The van der Waals surface area contributed by atoms with Crippen LogP contribution in [0.3, 0.4) is 0 Å². The maximum atomic E-state index is 14.6. The van der Waals surface area contributed by atoms with Gasteiger partial charge in [0.25, 0.3) is 0 Å². The maximum absolute atomic E-state index is 14.6. The van der Waals surface area contributed by atoms with Crippen molar-refractivity contribution in [2.75, 3.05) is 13.7 Å². The molecule has 0 amide bonds. The molecule has 1 aromatic rings. The van der Waals surface area contributed by atoms with Crippen molar-refractivity contribution in [1.29, 1.82) is 0 Å². The van der Waals surface area contributed by atoms with E-state index in [4.69, 9.17) is 9.47 Å². The minimum Gasteiger partial charge on any atom is -0.462 e. The van der Waals surface area contributed by atoms with Crippen molar-refractivity contribution in [1.82, 2.24) is 5.32 Å². The lowest BCUT2D eigenvalue weighted by Gasteiger charge is -2.35. The van der Waals surface area contributed by atoms with Crippen LogP contribution in [0.2, 0.25) is 0 Å². The van der Waals surface area contributed by atoms with Gasteiger partial charge in [-0.3, -0.25) is 5.32 Å². The van der Waals surface area contributed by atoms with Crippen molar-refractivity contribution in [3.63, 3.8) is 0 Å². The highest BCUT2D eigenvalue weighted by atomic mass is 19.4. The quantitative estimate of drug-likeness (QED) is 0.451. The zero-order chi connectivity index (χ0) is 19.4. The zero-order valence-electron chi connectivity index (χ0n) is 14.9. The highest BCUT2D eigenvalue weighted by molar-refractivity contribution is 5.91. The van der Waals surface area contributed by atoms with E-state index in [0.717, 1.165) is 21.0 Å². The molecule has 0 heterocycles. The molecule has 0 saturated heterocycles. The number of carbonyl (C=O) groups excluding carboxylic acids is 1. The molecule has 0 radical (unpaired) electrons. The van der Waals surface area contributed by atoms with Crippen LogP contribution < -0.4 is 5.32 Å². The highest BCUT2D eigenvalue weighted by Gasteiger charge is 2.52. The molecular formula is C17H23F4NO3. The minimum absolute atomic E-state index is 0.0497. The summed E-state index contributed by atoms with van der Waals surface area (Å²) in [6.45, 7) is 4.98. The third-order valence-corrected chi connectivity index (χ3v) is 4.01. The van der Waals surface area contributed by atoms with Gasteiger partial charge in [0.1, 0.15) is 12.0 Å². The summed E-state index contributed by atoms with van der Waals surface area (Å²) in [5.74, 6) is -1.62. The molecule has 0 aliphatic heterocycles. The number of carbonyl (C=O) groups is 1. The lowest BCUT2D eigenvalue weighted by Crippen LogP contribution is -2.51. The van der Waals surface area contributed by atoms with Gasteiger partial charge >= 0.3 is 12.1 Å². The predicted molar refractivity (Wildman–Crippen MR) is 84.6 cm³/mol. The Morgan fingerprint density at radius 2 is 1.88 bits per heavy atom. The number of methoxy groups -OCH3 is 1. The Morgan fingerprint density at radius 1 is 1.28 bits per heavy atom. The van der Waals surface area contributed by atoms with E-state index in [9.17, 15) is 22.4 Å². The summed E-state index contributed by atoms with van der Waals surface area (Å²) < 4.78 is 63.7. The molecule has 0 bridgehead atoms. The molecule has 1 atom stereocenters. The number of rotatable bonds is 7. The zero-order valence-corrected chi connectivity index (χ0v) is 14.9. The number of esters is 1. The molecule has 0 fully saturated rings. The summed E-state index contributed by atoms with van der Waals surface area (Å²) in [6.07, 6.45) is -5.90. The van der Waals surface area contributed by atoms with Gasteiger partial charge in [-0.2, -0.15) is 13.2 Å². The molecule has 0 saturated carbocycles. The van der Waals surface area contributed by atoms with Crippen molar-refractivity contribution in [3.8, 4) is 0 Å². The Morgan fingerprint density at radius 3 is 2.36 bits per heavy atom. The Kier molecular flexibility index (Phi) is 6.96. The Hall–Kier alpha value is -1.67. The van der Waals surface area contributed by atoms with Gasteiger partial charge in [-0.1, -0.05) is 12.1 Å². The second kappa shape index (κ2) is 8.14. The number of halogens is 4. The molecule has 1 N–H and O–H groups in total. The first-order chi connectivity index (χ1) is 11.5. The maximum Gasteiger partial charge on any atom is 0.397 e. The summed E-state index contributed by atoms with van der Waals surface area (Å²) in [7, 11) is 1.14. The van der Waals surface area contributed by atoms with Crippen molar-refractivity contribution < 1.29 is 31.8 Å². The van der Waals surface area contributed by atoms with E-state index in [1.807, 2.05) is 0 Å². The van der Waals surface area contributed by atoms with E-state index in [1.165, 1.54) is 12.1 Å². The van der Waals surface area contributed by atoms with E-state index >= 15 is 0 Å². The van der Waals surface area contributed by atoms with Crippen LogP contribution in [-0.4, -0.2) is 32.1 Å². The van der Waals surface area contributed by atoms with Gasteiger partial charge in [-0.15, -0.1) is 0 Å². The number of aryl methyl sites for hydroxylation is 1. The molecule has 0 spiro atoms. The van der Waals surface area contributed by atoms with Crippen molar-refractivity contribution in [2.45, 2.75) is 46.6 Å². The van der Waals surface area contributed by atoms with Gasteiger partial charge in [-0.05, 0) is 33.3 Å². The SMILES string of the molecule is CCOC(=O)c1c(C)ccc(CNC(OC)C(C)(C)C(F)(F)F)c1F. The van der Waals surface area contributed by atoms with Crippen LogP contribution >= 0.6 is 0 Å². The average molecular weight is 365 g/mol. The van der Waals surface area contributed by atoms with Crippen LogP contribution in [0.1, 0.15) is 42.3 Å². The van der Waals surface area contributed by atoms with E-state index in [1.54, 1.807) is 13.8 Å². The summed E-state index contributed by atoms with van der Waals surface area (Å²) in [4.78, 5) is 11.9. The number of hydrogen-bond acceptors (Lipinski definition) is 4. The Bertz CT molecular complexity index is 615. The Labute approximate surface area is 144 Å². The molecule has 0 aliphatic carbocycles. The smallest absolute Gasteiger partial charge is 0.397 e. The van der Waals surface area contributed by atoms with Crippen molar-refractivity contribution >= 4 is 5.97 Å². The number of hydrogen-bond donors (Lipinski definition) is 1. The highest BCUT2D eigenvalue weighted by Crippen LogP contribution is 2.40. The fraction of sp³-hybridized carbons (Fsp3) is 0.588. The number of benzene rings is 1. The van der Waals surface area contributed by atoms with E-state index < -0.39 is 29.6 Å². The molecule has 142 valence electrons. The second-order valence-corrected chi connectivity index (χ2v) is 6.17. The lowest BCUT2D eigenvalue weighted by molar-refractivity contribution is -0.250. The molecule has 4 nitrogen and oxygen atoms in total. The minimum atomic E-state index is -4.51. The molecule has 1 rings (SSSR count). The fourth-order valence-electron chi connectivity index (χ4n) is 2.29. The van der Waals surface area contributed by atoms with E-state index in [2.05, 4.69) is 5.32 Å². The van der Waals surface area contributed by atoms with Crippen molar-refractivity contribution in [2.24, 2.45) is 5.41 Å². The fourth-order valence-corrected chi connectivity index (χ4v) is 2.29. The first kappa shape index (κ1) is 21.4. The summed E-state index contributed by atoms with van der Waals surface area (Å²) in [5, 5.41) is 2.56. The molecule has 8 heteroatoms. The van der Waals surface area contributed by atoms with Gasteiger partial charge < -0.3 is 9.47 Å². The summed E-state index contributed by atoms with van der Waals surface area (Å²) >= 11 is 0. The molecule has 0 aliphatic rings. The number of alkyl halides is 3. The Balaban J connectivity index is 3.04. The lowest BCUT2D eigenvalue weighted by atomic mass is 9.90. The van der Waals surface area contributed by atoms with Gasteiger partial charge in [0.2, 0.25) is 0 Å². The number of nitrogens with one attached hydrogen (secondary N) is 1. The molecule has 1 unspecified atom stereocenters. The standard InChI is InChI=1S/C17H23F4NO3/c1-6-25-14(23)12-10(2)7-8-11(13(12)18)9-22-15(24-5)16(3,4)17(19,20)21/h7-8,15,22H,6,9H2,1-5H3. The first-order valence-corrected chi connectivity index (χ1v) is 7.75. The van der Waals surface area contributed by atoms with Gasteiger partial charge in [0.15, 0.2) is 0 Å². The average Bonchev–Trinajstić information content (AvgIpc) is 2.48. The molecular weight excluding hydrogens is 342 g/mol. The third kappa shape index (κ3) is 4.70. The summed E-state index contributed by atoms with van der Waals surface area (Å²) in [6, 6.07) is 2.93. The molecule has 1 aromatic carbocycles. The van der Waals surface area contributed by atoms with Crippen LogP contribution in [0.15, 0.2) is 12.1 Å². The molecule has 25 heavy (non-hydrogen) atoms. The predicted octanol–water partition coefficient (Wildman–Crippen LogP) is 3.96. The van der Waals surface area contributed by atoms with Gasteiger partial charge in [-0.25, -0.2) is 9.18 Å².